The minimum atomic E-state index is 0.237. The Bertz CT molecular complexity index is 602. The first-order valence-electron chi connectivity index (χ1n) is 6.21. The maximum Gasteiger partial charge on any atom is 0.106 e. The molecule has 0 amide bonds. The van der Waals surface area contributed by atoms with Crippen LogP contribution in [-0.4, -0.2) is 4.99 Å². The van der Waals surface area contributed by atoms with Crippen LogP contribution in [0.2, 0.25) is 0 Å². The Hall–Kier alpha value is -1.39. The molecule has 1 heterocycles. The fourth-order valence-corrected chi connectivity index (χ4v) is 3.42. The third kappa shape index (κ3) is 3.14. The molecule has 1 atom stereocenters. The third-order valence-electron chi connectivity index (χ3n) is 3.11. The van der Waals surface area contributed by atoms with Crippen molar-refractivity contribution in [2.24, 2.45) is 5.73 Å². The van der Waals surface area contributed by atoms with Crippen molar-refractivity contribution in [3.8, 4) is 0 Å². The van der Waals surface area contributed by atoms with Crippen molar-refractivity contribution in [3.63, 3.8) is 0 Å². The number of rotatable bonds is 4. The number of hydrogen-bond donors (Lipinski definition) is 2. The summed E-state index contributed by atoms with van der Waals surface area (Å²) < 4.78 is 0. The van der Waals surface area contributed by atoms with Gasteiger partial charge in [0.1, 0.15) is 4.99 Å². The number of para-hydroxylation sites is 1. The van der Waals surface area contributed by atoms with Gasteiger partial charge in [-0.2, -0.15) is 0 Å². The van der Waals surface area contributed by atoms with Crippen LogP contribution >= 0.6 is 23.6 Å². The van der Waals surface area contributed by atoms with E-state index in [2.05, 4.69) is 32.2 Å². The SMILES string of the molecule is Cc1cc(C(C)Nc2ccccc2C(N)=S)c(C)s1. The van der Waals surface area contributed by atoms with E-state index in [4.69, 9.17) is 18.0 Å². The number of thiophene rings is 1. The Labute approximate surface area is 123 Å². The lowest BCUT2D eigenvalue weighted by Crippen LogP contribution is -2.15. The number of hydrogen-bond acceptors (Lipinski definition) is 3. The van der Waals surface area contributed by atoms with Gasteiger partial charge in [0.2, 0.25) is 0 Å². The average Bonchev–Trinajstić information content (AvgIpc) is 2.69. The maximum absolute atomic E-state index is 5.76. The summed E-state index contributed by atoms with van der Waals surface area (Å²) in [5, 5.41) is 3.50. The highest BCUT2D eigenvalue weighted by atomic mass is 32.1. The predicted octanol–water partition coefficient (Wildman–Crippen LogP) is 4.17. The van der Waals surface area contributed by atoms with Crippen molar-refractivity contribution in [2.75, 3.05) is 5.32 Å². The van der Waals surface area contributed by atoms with Crippen LogP contribution in [0.1, 0.15) is 33.8 Å². The highest BCUT2D eigenvalue weighted by Gasteiger charge is 2.13. The minimum Gasteiger partial charge on any atom is -0.389 e. The van der Waals surface area contributed by atoms with Gasteiger partial charge in [0.05, 0.1) is 0 Å². The van der Waals surface area contributed by atoms with E-state index in [0.717, 1.165) is 11.3 Å². The monoisotopic (exact) mass is 290 g/mol. The first-order chi connectivity index (χ1) is 8.99. The molecule has 0 aliphatic carbocycles. The predicted molar refractivity (Wildman–Crippen MR) is 88.2 cm³/mol. The topological polar surface area (TPSA) is 38.0 Å². The fraction of sp³-hybridized carbons (Fsp3) is 0.267. The molecule has 2 rings (SSSR count). The second-order valence-electron chi connectivity index (χ2n) is 4.64. The minimum absolute atomic E-state index is 0.237. The molecule has 1 aromatic carbocycles. The summed E-state index contributed by atoms with van der Waals surface area (Å²) >= 11 is 6.92. The van der Waals surface area contributed by atoms with Crippen LogP contribution in [0.3, 0.4) is 0 Å². The van der Waals surface area contributed by atoms with Crippen LogP contribution in [0.4, 0.5) is 5.69 Å². The van der Waals surface area contributed by atoms with Gasteiger partial charge < -0.3 is 11.1 Å². The van der Waals surface area contributed by atoms with Crippen LogP contribution in [-0.2, 0) is 0 Å². The third-order valence-corrected chi connectivity index (χ3v) is 4.31. The highest BCUT2D eigenvalue weighted by molar-refractivity contribution is 7.80. The summed E-state index contributed by atoms with van der Waals surface area (Å²) in [6, 6.07) is 10.4. The lowest BCUT2D eigenvalue weighted by molar-refractivity contribution is 0.881. The van der Waals surface area contributed by atoms with Gasteiger partial charge in [0, 0.05) is 27.0 Å². The summed E-state index contributed by atoms with van der Waals surface area (Å²) in [7, 11) is 0. The molecule has 0 fully saturated rings. The molecule has 1 unspecified atom stereocenters. The van der Waals surface area contributed by atoms with E-state index in [9.17, 15) is 0 Å². The fourth-order valence-electron chi connectivity index (χ4n) is 2.22. The van der Waals surface area contributed by atoms with Gasteiger partial charge in [-0.1, -0.05) is 24.4 Å². The quantitative estimate of drug-likeness (QED) is 0.830. The van der Waals surface area contributed by atoms with Gasteiger partial charge in [-0.05, 0) is 44.5 Å². The number of benzene rings is 1. The number of anilines is 1. The Morgan fingerprint density at radius 1 is 1.32 bits per heavy atom. The lowest BCUT2D eigenvalue weighted by Gasteiger charge is -2.18. The Morgan fingerprint density at radius 3 is 2.58 bits per heavy atom. The van der Waals surface area contributed by atoms with Crippen molar-refractivity contribution in [2.45, 2.75) is 26.8 Å². The van der Waals surface area contributed by atoms with E-state index in [1.54, 1.807) is 0 Å². The molecule has 19 heavy (non-hydrogen) atoms. The van der Waals surface area contributed by atoms with E-state index in [1.165, 1.54) is 15.3 Å². The average molecular weight is 290 g/mol. The zero-order valence-corrected chi connectivity index (χ0v) is 13.0. The Morgan fingerprint density at radius 2 is 2.00 bits per heavy atom. The molecule has 0 saturated carbocycles. The van der Waals surface area contributed by atoms with Crippen LogP contribution in [0.25, 0.3) is 0 Å². The molecule has 100 valence electrons. The first kappa shape index (κ1) is 14.0. The Kier molecular flexibility index (Phi) is 4.22. The summed E-state index contributed by atoms with van der Waals surface area (Å²) in [5.41, 5.74) is 8.98. The van der Waals surface area contributed by atoms with E-state index >= 15 is 0 Å². The standard InChI is InChI=1S/C15H18N2S2/c1-9-8-13(11(3)19-9)10(2)17-14-7-5-4-6-12(14)15(16)18/h4-8,10,17H,1-3H3,(H2,16,18). The number of nitrogens with two attached hydrogens (primary N) is 1. The zero-order chi connectivity index (χ0) is 14.0. The second kappa shape index (κ2) is 5.72. The van der Waals surface area contributed by atoms with Crippen molar-refractivity contribution < 1.29 is 0 Å². The van der Waals surface area contributed by atoms with Crippen LogP contribution in [0.5, 0.6) is 0 Å². The molecule has 0 aliphatic heterocycles. The molecule has 4 heteroatoms. The molecule has 1 aromatic heterocycles. The van der Waals surface area contributed by atoms with Crippen LogP contribution < -0.4 is 11.1 Å². The highest BCUT2D eigenvalue weighted by Crippen LogP contribution is 2.29. The summed E-state index contributed by atoms with van der Waals surface area (Å²) in [6.45, 7) is 6.45. The first-order valence-corrected chi connectivity index (χ1v) is 7.44. The van der Waals surface area contributed by atoms with Crippen molar-refractivity contribution >= 4 is 34.2 Å². The normalized spacial score (nSPS) is 12.2. The van der Waals surface area contributed by atoms with Gasteiger partial charge in [0.15, 0.2) is 0 Å². The van der Waals surface area contributed by atoms with Crippen LogP contribution in [0, 0.1) is 13.8 Å². The number of thiocarbonyl (C=S) groups is 1. The maximum atomic E-state index is 5.76. The van der Waals surface area contributed by atoms with Gasteiger partial charge in [-0.25, -0.2) is 0 Å². The largest absolute Gasteiger partial charge is 0.389 e. The summed E-state index contributed by atoms with van der Waals surface area (Å²) in [6.07, 6.45) is 0. The van der Waals surface area contributed by atoms with E-state index in [1.807, 2.05) is 35.6 Å². The molecule has 3 N–H and O–H groups in total. The van der Waals surface area contributed by atoms with Gasteiger partial charge in [-0.15, -0.1) is 11.3 Å². The summed E-state index contributed by atoms with van der Waals surface area (Å²) in [5.74, 6) is 0. The van der Waals surface area contributed by atoms with Crippen molar-refractivity contribution in [1.82, 2.24) is 0 Å². The molecule has 0 aliphatic rings. The molecular formula is C15H18N2S2. The smallest absolute Gasteiger partial charge is 0.106 e. The molecule has 0 spiro atoms. The van der Waals surface area contributed by atoms with E-state index in [-0.39, 0.29) is 6.04 Å². The summed E-state index contributed by atoms with van der Waals surface area (Å²) in [4.78, 5) is 3.11. The van der Waals surface area contributed by atoms with Gasteiger partial charge in [-0.3, -0.25) is 0 Å². The number of aryl methyl sites for hydroxylation is 2. The molecule has 0 bridgehead atoms. The van der Waals surface area contributed by atoms with Gasteiger partial charge in [0.25, 0.3) is 0 Å². The number of nitrogens with one attached hydrogen (secondary N) is 1. The van der Waals surface area contributed by atoms with E-state index in [0.29, 0.717) is 4.99 Å². The molecule has 0 radical (unpaired) electrons. The molecule has 2 aromatic rings. The van der Waals surface area contributed by atoms with Crippen molar-refractivity contribution in [3.05, 3.63) is 51.2 Å². The molecule has 2 nitrogen and oxygen atoms in total. The molecule has 0 saturated heterocycles. The van der Waals surface area contributed by atoms with E-state index < -0.39 is 0 Å². The second-order valence-corrected chi connectivity index (χ2v) is 6.54. The zero-order valence-electron chi connectivity index (χ0n) is 11.4. The van der Waals surface area contributed by atoms with Gasteiger partial charge >= 0.3 is 0 Å². The van der Waals surface area contributed by atoms with Crippen LogP contribution in [0.15, 0.2) is 30.3 Å². The van der Waals surface area contributed by atoms with Crippen molar-refractivity contribution in [1.29, 1.82) is 0 Å². The molecular weight excluding hydrogens is 272 g/mol. The lowest BCUT2D eigenvalue weighted by atomic mass is 10.1. The Balaban J connectivity index is 2.26.